The number of rotatable bonds is 6. The van der Waals surface area contributed by atoms with Crippen LogP contribution in [0.3, 0.4) is 0 Å². The van der Waals surface area contributed by atoms with Crippen LogP contribution in [0.2, 0.25) is 0 Å². The van der Waals surface area contributed by atoms with Crippen molar-refractivity contribution < 1.29 is 8.42 Å². The average molecular weight is 550 g/mol. The maximum absolute atomic E-state index is 11.9. The number of sulfonamides is 1. The number of nitrogens with zero attached hydrogens (tertiary/aromatic N) is 5. The minimum absolute atomic E-state index is 0.116. The molecular weight excluding hydrogens is 514 g/mol. The summed E-state index contributed by atoms with van der Waals surface area (Å²) >= 11 is 1.62. The highest BCUT2D eigenvalue weighted by atomic mass is 32.2. The molecule has 0 bridgehead atoms. The van der Waals surface area contributed by atoms with Gasteiger partial charge < -0.3 is 4.90 Å². The van der Waals surface area contributed by atoms with Crippen molar-refractivity contribution in [2.45, 2.75) is 46.0 Å². The van der Waals surface area contributed by atoms with Crippen LogP contribution in [0.1, 0.15) is 50.9 Å². The summed E-state index contributed by atoms with van der Waals surface area (Å²) in [6.07, 6.45) is 6.89. The molecule has 7 nitrogen and oxygen atoms in total. The Morgan fingerprint density at radius 1 is 1.05 bits per heavy atom. The largest absolute Gasteiger partial charge is 0.305 e. The molecule has 4 aromatic rings. The third-order valence-corrected chi connectivity index (χ3v) is 9.34. The molecule has 4 heterocycles. The Morgan fingerprint density at radius 2 is 1.76 bits per heavy atom. The van der Waals surface area contributed by atoms with Gasteiger partial charge >= 0.3 is 0 Å². The number of benzene rings is 1. The molecule has 0 saturated carbocycles. The maximum atomic E-state index is 11.9. The van der Waals surface area contributed by atoms with E-state index in [0.717, 1.165) is 51.1 Å². The Bertz CT molecular complexity index is 1610. The summed E-state index contributed by atoms with van der Waals surface area (Å²) in [5.41, 5.74) is 7.63. The van der Waals surface area contributed by atoms with Gasteiger partial charge in [-0.15, -0.1) is 11.3 Å². The molecule has 3 aromatic heterocycles. The van der Waals surface area contributed by atoms with E-state index in [0.29, 0.717) is 19.5 Å². The third kappa shape index (κ3) is 5.15. The molecule has 0 amide bonds. The summed E-state index contributed by atoms with van der Waals surface area (Å²) in [5.74, 6) is 1.00. The van der Waals surface area contributed by atoms with Gasteiger partial charge in [0.25, 0.3) is 0 Å². The van der Waals surface area contributed by atoms with Gasteiger partial charge in [0.15, 0.2) is 5.13 Å². The first kappa shape index (κ1) is 26.6. The van der Waals surface area contributed by atoms with Gasteiger partial charge in [0.05, 0.1) is 17.6 Å². The van der Waals surface area contributed by atoms with Gasteiger partial charge in [-0.3, -0.25) is 4.40 Å². The van der Waals surface area contributed by atoms with Crippen LogP contribution in [0, 0.1) is 0 Å². The van der Waals surface area contributed by atoms with Crippen LogP contribution in [0.25, 0.3) is 22.5 Å². The second-order valence-electron chi connectivity index (χ2n) is 10.9. The number of thiazole rings is 1. The molecule has 0 unspecified atom stereocenters. The number of aromatic nitrogens is 3. The quantitative estimate of drug-likeness (QED) is 0.289. The molecule has 0 saturated heterocycles. The van der Waals surface area contributed by atoms with E-state index >= 15 is 0 Å². The molecule has 1 aliphatic heterocycles. The van der Waals surface area contributed by atoms with E-state index in [1.54, 1.807) is 11.3 Å². The van der Waals surface area contributed by atoms with Gasteiger partial charge in [0.2, 0.25) is 10.0 Å². The number of imidazole rings is 1. The molecule has 1 aromatic carbocycles. The van der Waals surface area contributed by atoms with Gasteiger partial charge in [0.1, 0.15) is 11.5 Å². The Balaban J connectivity index is 1.47. The SMILES string of the molecule is CCc1nc2ccc(C3=CCN(S(C)(=O)=O)CC3)cn2c1N(C)c1nc(-c2ccc(C(C)(C)C)cc2)cs1. The number of pyridine rings is 1. The van der Waals surface area contributed by atoms with Crippen LogP contribution < -0.4 is 4.90 Å². The predicted octanol–water partition coefficient (Wildman–Crippen LogP) is 6.13. The van der Waals surface area contributed by atoms with Crippen molar-refractivity contribution in [2.75, 3.05) is 31.3 Å². The Hall–Kier alpha value is -3.01. The van der Waals surface area contributed by atoms with E-state index in [2.05, 4.69) is 78.9 Å². The molecule has 5 rings (SSSR count). The molecule has 0 spiro atoms. The minimum atomic E-state index is -3.18. The second-order valence-corrected chi connectivity index (χ2v) is 13.7. The van der Waals surface area contributed by atoms with Crippen LogP contribution in [0.5, 0.6) is 0 Å². The summed E-state index contributed by atoms with van der Waals surface area (Å²) < 4.78 is 27.5. The summed E-state index contributed by atoms with van der Waals surface area (Å²) in [5, 5.41) is 3.01. The highest BCUT2D eigenvalue weighted by molar-refractivity contribution is 7.88. The molecule has 200 valence electrons. The number of anilines is 2. The zero-order chi connectivity index (χ0) is 27.2. The van der Waals surface area contributed by atoms with Crippen molar-refractivity contribution in [3.63, 3.8) is 0 Å². The smallest absolute Gasteiger partial charge is 0.211 e. The number of hydrogen-bond donors (Lipinski definition) is 0. The van der Waals surface area contributed by atoms with Gasteiger partial charge in [-0.1, -0.05) is 58.0 Å². The third-order valence-electron chi connectivity index (χ3n) is 7.15. The normalized spacial score (nSPS) is 15.2. The highest BCUT2D eigenvalue weighted by Crippen LogP contribution is 2.35. The summed E-state index contributed by atoms with van der Waals surface area (Å²) in [4.78, 5) is 12.0. The lowest BCUT2D eigenvalue weighted by Crippen LogP contribution is -2.33. The van der Waals surface area contributed by atoms with Crippen molar-refractivity contribution in [3.8, 4) is 11.3 Å². The van der Waals surface area contributed by atoms with E-state index in [1.165, 1.54) is 16.1 Å². The first-order valence-corrected chi connectivity index (χ1v) is 15.6. The lowest BCUT2D eigenvalue weighted by atomic mass is 9.86. The monoisotopic (exact) mass is 549 g/mol. The van der Waals surface area contributed by atoms with Crippen molar-refractivity contribution in [1.82, 2.24) is 18.7 Å². The Labute approximate surface area is 229 Å². The zero-order valence-electron chi connectivity index (χ0n) is 22.9. The van der Waals surface area contributed by atoms with Crippen LogP contribution in [-0.4, -0.2) is 53.5 Å². The molecule has 38 heavy (non-hydrogen) atoms. The first-order valence-electron chi connectivity index (χ1n) is 12.9. The van der Waals surface area contributed by atoms with Crippen LogP contribution in [0.4, 0.5) is 10.9 Å². The summed E-state index contributed by atoms with van der Waals surface area (Å²) in [6.45, 7) is 9.69. The van der Waals surface area contributed by atoms with E-state index in [9.17, 15) is 8.42 Å². The summed E-state index contributed by atoms with van der Waals surface area (Å²) in [6, 6.07) is 12.8. The molecule has 0 atom stereocenters. The first-order chi connectivity index (χ1) is 18.0. The highest BCUT2D eigenvalue weighted by Gasteiger charge is 2.23. The number of aryl methyl sites for hydroxylation is 1. The lowest BCUT2D eigenvalue weighted by molar-refractivity contribution is 0.446. The Kier molecular flexibility index (Phi) is 6.96. The Morgan fingerprint density at radius 3 is 2.37 bits per heavy atom. The molecular formula is C29H35N5O2S2. The molecule has 9 heteroatoms. The van der Waals surface area contributed by atoms with E-state index in [4.69, 9.17) is 9.97 Å². The van der Waals surface area contributed by atoms with E-state index in [-0.39, 0.29) is 5.41 Å². The van der Waals surface area contributed by atoms with Gasteiger partial charge in [0, 0.05) is 37.3 Å². The standard InChI is InChI=1S/C29H35N5O2S2/c1-7-24-27(32(5)28-31-25(19-37-28)21-8-11-23(12-9-21)29(2,3)4)34-18-22(10-13-26(34)30-24)20-14-16-33(17-15-20)38(6,35)36/h8-14,18-19H,7,15-17H2,1-6H3. The van der Waals surface area contributed by atoms with Gasteiger partial charge in [-0.2, -0.15) is 4.31 Å². The van der Waals surface area contributed by atoms with Crippen LogP contribution in [0.15, 0.2) is 54.1 Å². The predicted molar refractivity (Wildman–Crippen MR) is 158 cm³/mol. The van der Waals surface area contributed by atoms with Crippen molar-refractivity contribution >= 4 is 43.5 Å². The second kappa shape index (κ2) is 9.94. The topological polar surface area (TPSA) is 70.8 Å². The van der Waals surface area contributed by atoms with Gasteiger partial charge in [-0.05, 0) is 47.1 Å². The van der Waals surface area contributed by atoms with Crippen molar-refractivity contribution in [3.05, 3.63) is 70.9 Å². The maximum Gasteiger partial charge on any atom is 0.211 e. The molecule has 0 aliphatic carbocycles. The fraction of sp³-hybridized carbons (Fsp3) is 0.379. The van der Waals surface area contributed by atoms with Crippen molar-refractivity contribution in [2.24, 2.45) is 0 Å². The zero-order valence-corrected chi connectivity index (χ0v) is 24.5. The van der Waals surface area contributed by atoms with Crippen LogP contribution in [-0.2, 0) is 21.9 Å². The molecule has 0 fully saturated rings. The van der Waals surface area contributed by atoms with Crippen molar-refractivity contribution in [1.29, 1.82) is 0 Å². The van der Waals surface area contributed by atoms with E-state index < -0.39 is 10.0 Å². The minimum Gasteiger partial charge on any atom is -0.305 e. The molecule has 1 aliphatic rings. The summed E-state index contributed by atoms with van der Waals surface area (Å²) in [7, 11) is -1.13. The molecule has 0 radical (unpaired) electrons. The number of fused-ring (bicyclic) bond motifs is 1. The molecule has 0 N–H and O–H groups in total. The number of hydrogen-bond acceptors (Lipinski definition) is 6. The van der Waals surface area contributed by atoms with E-state index in [1.807, 2.05) is 19.2 Å². The lowest BCUT2D eigenvalue weighted by Gasteiger charge is -2.24. The fourth-order valence-corrected chi connectivity index (χ4v) is 6.43. The van der Waals surface area contributed by atoms with Gasteiger partial charge in [-0.25, -0.2) is 18.4 Å². The average Bonchev–Trinajstić information content (AvgIpc) is 3.52. The fourth-order valence-electron chi connectivity index (χ4n) is 4.86. The van der Waals surface area contributed by atoms with Crippen LogP contribution >= 0.6 is 11.3 Å².